The first-order chi connectivity index (χ1) is 10.2. The lowest BCUT2D eigenvalue weighted by molar-refractivity contribution is 0.101. The number of ketones is 1. The van der Waals surface area contributed by atoms with Gasteiger partial charge >= 0.3 is 0 Å². The Balaban J connectivity index is 2.08. The number of furan rings is 1. The fourth-order valence-corrected chi connectivity index (χ4v) is 2.54. The van der Waals surface area contributed by atoms with Crippen LogP contribution >= 0.6 is 15.9 Å². The highest BCUT2D eigenvalue weighted by Crippen LogP contribution is 2.31. The minimum absolute atomic E-state index is 0.167. The summed E-state index contributed by atoms with van der Waals surface area (Å²) in [5.74, 6) is 0.845. The summed E-state index contributed by atoms with van der Waals surface area (Å²) in [6, 6.07) is 9.06. The number of nitrogens with one attached hydrogen (secondary N) is 1. The second-order valence-electron chi connectivity index (χ2n) is 4.66. The monoisotopic (exact) mass is 347 g/mol. The van der Waals surface area contributed by atoms with Crippen molar-refractivity contribution >= 4 is 32.6 Å². The van der Waals surface area contributed by atoms with Crippen molar-refractivity contribution in [1.29, 1.82) is 0 Å². The molecule has 0 aliphatic rings. The summed E-state index contributed by atoms with van der Waals surface area (Å²) in [4.78, 5) is 15.7. The summed E-state index contributed by atoms with van der Waals surface area (Å²) in [5.41, 5.74) is 1.43. The molecule has 0 amide bonds. The Morgan fingerprint density at radius 3 is 2.90 bits per heavy atom. The first-order valence-corrected chi connectivity index (χ1v) is 7.53. The zero-order chi connectivity index (χ0) is 14.8. The predicted molar refractivity (Wildman–Crippen MR) is 83.9 cm³/mol. The van der Waals surface area contributed by atoms with Gasteiger partial charge in [0.05, 0.1) is 17.6 Å². The standard InChI is InChI=1S/C16H14BrNO3/c1-2-8-20-12-5-3-4-11-15(12)10(9-18-11)16(19)13-6-7-14(17)21-13/h3-7,9,18H,2,8H2,1H3. The molecule has 0 atom stereocenters. The van der Waals surface area contributed by atoms with Crippen molar-refractivity contribution in [2.24, 2.45) is 0 Å². The molecule has 5 heteroatoms. The smallest absolute Gasteiger partial charge is 0.230 e. The van der Waals surface area contributed by atoms with E-state index < -0.39 is 0 Å². The molecule has 0 unspecified atom stereocenters. The van der Waals surface area contributed by atoms with Crippen molar-refractivity contribution < 1.29 is 13.9 Å². The molecule has 0 aliphatic carbocycles. The summed E-state index contributed by atoms with van der Waals surface area (Å²) < 4.78 is 11.6. The molecule has 1 N–H and O–H groups in total. The molecule has 3 aromatic rings. The van der Waals surface area contributed by atoms with Crippen LogP contribution in [0.1, 0.15) is 29.5 Å². The molecule has 108 valence electrons. The number of fused-ring (bicyclic) bond motifs is 1. The molecule has 21 heavy (non-hydrogen) atoms. The zero-order valence-electron chi connectivity index (χ0n) is 11.5. The summed E-state index contributed by atoms with van der Waals surface area (Å²) in [5, 5.41) is 0.795. The van der Waals surface area contributed by atoms with Gasteiger partial charge in [0.2, 0.25) is 5.78 Å². The second kappa shape index (κ2) is 5.77. The van der Waals surface area contributed by atoms with Gasteiger partial charge in [-0.3, -0.25) is 4.79 Å². The summed E-state index contributed by atoms with van der Waals surface area (Å²) in [6.07, 6.45) is 2.61. The second-order valence-corrected chi connectivity index (χ2v) is 5.44. The third-order valence-corrected chi connectivity index (χ3v) is 3.60. The van der Waals surface area contributed by atoms with Crippen molar-refractivity contribution in [2.75, 3.05) is 6.61 Å². The third-order valence-electron chi connectivity index (χ3n) is 3.17. The van der Waals surface area contributed by atoms with Gasteiger partial charge in [-0.25, -0.2) is 0 Å². The Labute approximate surface area is 130 Å². The van der Waals surface area contributed by atoms with Crippen LogP contribution in [0.3, 0.4) is 0 Å². The van der Waals surface area contributed by atoms with Gasteiger partial charge in [-0.05, 0) is 46.6 Å². The van der Waals surface area contributed by atoms with Crippen molar-refractivity contribution in [3.8, 4) is 5.75 Å². The molecule has 0 bridgehead atoms. The molecule has 0 saturated heterocycles. The molecule has 0 fully saturated rings. The van der Waals surface area contributed by atoms with E-state index in [1.165, 1.54) is 0 Å². The van der Waals surface area contributed by atoms with E-state index in [2.05, 4.69) is 20.9 Å². The summed E-state index contributed by atoms with van der Waals surface area (Å²) in [6.45, 7) is 2.66. The van der Waals surface area contributed by atoms with E-state index >= 15 is 0 Å². The van der Waals surface area contributed by atoms with E-state index in [9.17, 15) is 4.79 Å². The van der Waals surface area contributed by atoms with E-state index in [0.29, 0.717) is 28.3 Å². The van der Waals surface area contributed by atoms with Gasteiger partial charge in [0, 0.05) is 11.7 Å². The third kappa shape index (κ3) is 2.61. The largest absolute Gasteiger partial charge is 0.493 e. The lowest BCUT2D eigenvalue weighted by atomic mass is 10.1. The molecule has 2 heterocycles. The van der Waals surface area contributed by atoms with Crippen LogP contribution in [0.2, 0.25) is 0 Å². The Morgan fingerprint density at radius 1 is 1.33 bits per heavy atom. The highest BCUT2D eigenvalue weighted by Gasteiger charge is 2.20. The van der Waals surface area contributed by atoms with Crippen molar-refractivity contribution in [1.82, 2.24) is 4.98 Å². The first kappa shape index (κ1) is 13.9. The number of carbonyl (C=O) groups is 1. The van der Waals surface area contributed by atoms with Crippen LogP contribution in [0.4, 0.5) is 0 Å². The van der Waals surface area contributed by atoms with Gasteiger partial charge in [0.15, 0.2) is 10.4 Å². The number of aromatic nitrogens is 1. The fourth-order valence-electron chi connectivity index (χ4n) is 2.23. The Kier molecular flexibility index (Phi) is 3.84. The molecule has 0 saturated carbocycles. The molecule has 4 nitrogen and oxygen atoms in total. The zero-order valence-corrected chi connectivity index (χ0v) is 13.1. The number of benzene rings is 1. The number of H-pyrrole nitrogens is 1. The molecular formula is C16H14BrNO3. The lowest BCUT2D eigenvalue weighted by Crippen LogP contribution is -2.01. The van der Waals surface area contributed by atoms with Crippen molar-refractivity contribution in [3.05, 3.63) is 52.5 Å². The SMILES string of the molecule is CCCOc1cccc2[nH]cc(C(=O)c3ccc(Br)o3)c12. The minimum Gasteiger partial charge on any atom is -0.493 e. The topological polar surface area (TPSA) is 55.2 Å². The number of hydrogen-bond donors (Lipinski definition) is 1. The minimum atomic E-state index is -0.167. The number of rotatable bonds is 5. The maximum atomic E-state index is 12.6. The van der Waals surface area contributed by atoms with Gasteiger partial charge in [0.1, 0.15) is 5.75 Å². The number of carbonyl (C=O) groups excluding carboxylic acids is 1. The van der Waals surface area contributed by atoms with Gasteiger partial charge in [0.25, 0.3) is 0 Å². The normalized spacial score (nSPS) is 11.0. The van der Waals surface area contributed by atoms with Crippen LogP contribution < -0.4 is 4.74 Å². The van der Waals surface area contributed by atoms with Crippen LogP contribution in [-0.2, 0) is 0 Å². The molecule has 0 radical (unpaired) electrons. The van der Waals surface area contributed by atoms with Crippen molar-refractivity contribution in [3.63, 3.8) is 0 Å². The van der Waals surface area contributed by atoms with Crippen molar-refractivity contribution in [2.45, 2.75) is 13.3 Å². The molecular weight excluding hydrogens is 334 g/mol. The fraction of sp³-hybridized carbons (Fsp3) is 0.188. The molecule has 3 rings (SSSR count). The lowest BCUT2D eigenvalue weighted by Gasteiger charge is -2.07. The van der Waals surface area contributed by atoms with E-state index in [1.807, 2.05) is 25.1 Å². The molecule has 0 aliphatic heterocycles. The van der Waals surface area contributed by atoms with Gasteiger partial charge < -0.3 is 14.1 Å². The van der Waals surface area contributed by atoms with Crippen LogP contribution in [0.25, 0.3) is 10.9 Å². The van der Waals surface area contributed by atoms with Crippen LogP contribution in [0.5, 0.6) is 5.75 Å². The van der Waals surface area contributed by atoms with Crippen LogP contribution in [0, 0.1) is 0 Å². The maximum Gasteiger partial charge on any atom is 0.230 e. The Morgan fingerprint density at radius 2 is 2.19 bits per heavy atom. The highest BCUT2D eigenvalue weighted by atomic mass is 79.9. The predicted octanol–water partition coefficient (Wildman–Crippen LogP) is 4.54. The van der Waals surface area contributed by atoms with E-state index in [0.717, 1.165) is 17.3 Å². The van der Waals surface area contributed by atoms with E-state index in [1.54, 1.807) is 18.3 Å². The summed E-state index contributed by atoms with van der Waals surface area (Å²) >= 11 is 3.21. The number of hydrogen-bond acceptors (Lipinski definition) is 3. The first-order valence-electron chi connectivity index (χ1n) is 6.73. The highest BCUT2D eigenvalue weighted by molar-refractivity contribution is 9.10. The average Bonchev–Trinajstić information content (AvgIpc) is 3.11. The Bertz CT molecular complexity index is 788. The average molecular weight is 348 g/mol. The maximum absolute atomic E-state index is 12.6. The molecule has 0 spiro atoms. The Hall–Kier alpha value is -2.01. The summed E-state index contributed by atoms with van der Waals surface area (Å²) in [7, 11) is 0. The van der Waals surface area contributed by atoms with Crippen LogP contribution in [-0.4, -0.2) is 17.4 Å². The number of halogens is 1. The van der Waals surface area contributed by atoms with Gasteiger partial charge in [-0.1, -0.05) is 13.0 Å². The van der Waals surface area contributed by atoms with E-state index in [4.69, 9.17) is 9.15 Å². The number of ether oxygens (including phenoxy) is 1. The number of aromatic amines is 1. The van der Waals surface area contributed by atoms with Gasteiger partial charge in [-0.15, -0.1) is 0 Å². The molecule has 2 aromatic heterocycles. The molecule has 1 aromatic carbocycles. The quantitative estimate of drug-likeness (QED) is 0.689. The van der Waals surface area contributed by atoms with E-state index in [-0.39, 0.29) is 5.78 Å². The van der Waals surface area contributed by atoms with Gasteiger partial charge in [-0.2, -0.15) is 0 Å². The van der Waals surface area contributed by atoms with Crippen LogP contribution in [0.15, 0.2) is 45.6 Å².